The average molecular weight is 268 g/mol. The van der Waals surface area contributed by atoms with E-state index in [0.29, 0.717) is 6.04 Å². The number of nitrogens with one attached hydrogen (secondary N) is 1. The highest BCUT2D eigenvalue weighted by molar-refractivity contribution is 8.14. The number of aliphatic imine (C=N–C) groups is 1. The van der Waals surface area contributed by atoms with E-state index < -0.39 is 0 Å². The quantitative estimate of drug-likeness (QED) is 0.896. The molecule has 1 heterocycles. The number of thioether (sulfide) groups is 1. The van der Waals surface area contributed by atoms with E-state index in [4.69, 9.17) is 0 Å². The van der Waals surface area contributed by atoms with Crippen molar-refractivity contribution in [2.45, 2.75) is 6.04 Å². The van der Waals surface area contributed by atoms with Gasteiger partial charge in [-0.15, -0.1) is 11.8 Å². The Morgan fingerprint density at radius 1 is 0.947 bits per heavy atom. The molecule has 1 aliphatic rings. The Morgan fingerprint density at radius 3 is 2.26 bits per heavy atom. The number of para-hydroxylation sites is 1. The minimum absolute atomic E-state index is 0.431. The summed E-state index contributed by atoms with van der Waals surface area (Å²) in [5, 5.41) is 4.72. The maximum atomic E-state index is 4.66. The van der Waals surface area contributed by atoms with E-state index in [0.717, 1.165) is 18.0 Å². The van der Waals surface area contributed by atoms with Crippen molar-refractivity contribution < 1.29 is 0 Å². The van der Waals surface area contributed by atoms with Crippen molar-refractivity contribution in [3.8, 4) is 0 Å². The molecule has 0 bridgehead atoms. The standard InChI is InChI=1S/C16H16N2S/c1-3-7-13(8-4-1)15-12-19-16(11-17-15)18-14-9-5-2-6-10-14/h1-10,15,17H,11-12H2. The first-order chi connectivity index (χ1) is 9.42. The summed E-state index contributed by atoms with van der Waals surface area (Å²) in [6.45, 7) is 0.846. The number of hydrogen-bond donors (Lipinski definition) is 1. The molecule has 0 aromatic heterocycles. The lowest BCUT2D eigenvalue weighted by Crippen LogP contribution is -2.33. The summed E-state index contributed by atoms with van der Waals surface area (Å²) < 4.78 is 0. The zero-order valence-corrected chi connectivity index (χ0v) is 11.4. The van der Waals surface area contributed by atoms with Gasteiger partial charge in [-0.1, -0.05) is 48.5 Å². The highest BCUT2D eigenvalue weighted by Crippen LogP contribution is 2.25. The summed E-state index contributed by atoms with van der Waals surface area (Å²) in [4.78, 5) is 4.66. The van der Waals surface area contributed by atoms with Gasteiger partial charge in [0.25, 0.3) is 0 Å². The summed E-state index contributed by atoms with van der Waals surface area (Å²) in [5.41, 5.74) is 2.39. The van der Waals surface area contributed by atoms with Crippen molar-refractivity contribution in [3.63, 3.8) is 0 Å². The van der Waals surface area contributed by atoms with Gasteiger partial charge in [0.15, 0.2) is 0 Å². The third kappa shape index (κ3) is 3.25. The zero-order valence-electron chi connectivity index (χ0n) is 10.6. The van der Waals surface area contributed by atoms with Gasteiger partial charge in [0.05, 0.1) is 10.7 Å². The zero-order chi connectivity index (χ0) is 12.9. The van der Waals surface area contributed by atoms with Gasteiger partial charge in [0.1, 0.15) is 0 Å². The Labute approximate surface area is 118 Å². The van der Waals surface area contributed by atoms with Gasteiger partial charge in [-0.25, -0.2) is 4.99 Å². The van der Waals surface area contributed by atoms with Crippen LogP contribution in [0.3, 0.4) is 0 Å². The molecule has 1 fully saturated rings. The van der Waals surface area contributed by atoms with E-state index in [-0.39, 0.29) is 0 Å². The van der Waals surface area contributed by atoms with Crippen LogP contribution in [0.4, 0.5) is 5.69 Å². The van der Waals surface area contributed by atoms with E-state index in [1.165, 1.54) is 10.6 Å². The second kappa shape index (κ2) is 6.04. The Balaban J connectivity index is 1.65. The van der Waals surface area contributed by atoms with Crippen LogP contribution in [0.2, 0.25) is 0 Å². The maximum Gasteiger partial charge on any atom is 0.0877 e. The average Bonchev–Trinajstić information content (AvgIpc) is 2.50. The Bertz CT molecular complexity index is 541. The van der Waals surface area contributed by atoms with Crippen LogP contribution in [-0.2, 0) is 0 Å². The van der Waals surface area contributed by atoms with Crippen molar-refractivity contribution in [1.82, 2.24) is 5.32 Å². The molecule has 96 valence electrons. The predicted molar refractivity (Wildman–Crippen MR) is 83.2 cm³/mol. The second-order valence-corrected chi connectivity index (χ2v) is 5.59. The van der Waals surface area contributed by atoms with Crippen LogP contribution in [-0.4, -0.2) is 17.3 Å². The van der Waals surface area contributed by atoms with Crippen LogP contribution in [0, 0.1) is 0 Å². The van der Waals surface area contributed by atoms with Crippen LogP contribution in [0.25, 0.3) is 0 Å². The molecule has 1 atom stereocenters. The first-order valence-electron chi connectivity index (χ1n) is 6.45. The van der Waals surface area contributed by atoms with Crippen molar-refractivity contribution in [1.29, 1.82) is 0 Å². The van der Waals surface area contributed by atoms with Gasteiger partial charge in [-0.2, -0.15) is 0 Å². The molecule has 1 unspecified atom stereocenters. The highest BCUT2D eigenvalue weighted by Gasteiger charge is 2.18. The fraction of sp³-hybridized carbons (Fsp3) is 0.188. The van der Waals surface area contributed by atoms with Crippen LogP contribution in [0.1, 0.15) is 11.6 Å². The molecule has 2 aromatic rings. The molecule has 0 aliphatic carbocycles. The fourth-order valence-electron chi connectivity index (χ4n) is 2.12. The van der Waals surface area contributed by atoms with E-state index in [9.17, 15) is 0 Å². The number of nitrogens with zero attached hydrogens (tertiary/aromatic N) is 1. The third-order valence-electron chi connectivity index (χ3n) is 3.13. The van der Waals surface area contributed by atoms with Gasteiger partial charge >= 0.3 is 0 Å². The lowest BCUT2D eigenvalue weighted by molar-refractivity contribution is 0.632. The molecule has 0 saturated carbocycles. The largest absolute Gasteiger partial charge is 0.303 e. The van der Waals surface area contributed by atoms with Crippen molar-refractivity contribution in [3.05, 3.63) is 66.2 Å². The minimum atomic E-state index is 0.431. The molecule has 0 amide bonds. The Morgan fingerprint density at radius 2 is 1.63 bits per heavy atom. The number of rotatable bonds is 2. The van der Waals surface area contributed by atoms with Gasteiger partial charge in [0, 0.05) is 18.3 Å². The molecule has 3 rings (SSSR count). The molecule has 2 aromatic carbocycles. The lowest BCUT2D eigenvalue weighted by Gasteiger charge is -2.24. The van der Waals surface area contributed by atoms with Crippen molar-refractivity contribution in [2.75, 3.05) is 12.3 Å². The van der Waals surface area contributed by atoms with E-state index >= 15 is 0 Å². The molecular weight excluding hydrogens is 252 g/mol. The Kier molecular flexibility index (Phi) is 3.96. The smallest absolute Gasteiger partial charge is 0.0877 e. The first-order valence-corrected chi connectivity index (χ1v) is 7.44. The number of hydrogen-bond acceptors (Lipinski definition) is 3. The molecular formula is C16H16N2S. The van der Waals surface area contributed by atoms with E-state index in [1.807, 2.05) is 42.1 Å². The van der Waals surface area contributed by atoms with Crippen LogP contribution >= 0.6 is 11.8 Å². The molecule has 1 N–H and O–H groups in total. The molecule has 1 aliphatic heterocycles. The predicted octanol–water partition coefficient (Wildman–Crippen LogP) is 3.79. The second-order valence-electron chi connectivity index (χ2n) is 4.50. The molecule has 2 nitrogen and oxygen atoms in total. The normalized spacial score (nSPS) is 21.5. The summed E-state index contributed by atoms with van der Waals surface area (Å²) in [6.07, 6.45) is 0. The first kappa shape index (κ1) is 12.5. The van der Waals surface area contributed by atoms with Gasteiger partial charge in [-0.05, 0) is 17.7 Å². The van der Waals surface area contributed by atoms with E-state index in [1.54, 1.807) is 0 Å². The van der Waals surface area contributed by atoms with Crippen LogP contribution < -0.4 is 5.32 Å². The SMILES string of the molecule is c1ccc(N=C2CNC(c3ccccc3)CS2)cc1. The van der Waals surface area contributed by atoms with Gasteiger partial charge in [0.2, 0.25) is 0 Å². The van der Waals surface area contributed by atoms with E-state index in [2.05, 4.69) is 40.6 Å². The Hall–Kier alpha value is -1.58. The molecule has 1 saturated heterocycles. The van der Waals surface area contributed by atoms with Crippen LogP contribution in [0.15, 0.2) is 65.7 Å². The topological polar surface area (TPSA) is 24.4 Å². The van der Waals surface area contributed by atoms with Gasteiger partial charge < -0.3 is 5.32 Å². The third-order valence-corrected chi connectivity index (χ3v) is 4.20. The maximum absolute atomic E-state index is 4.66. The van der Waals surface area contributed by atoms with Crippen molar-refractivity contribution >= 4 is 22.5 Å². The summed E-state index contributed by atoms with van der Waals surface area (Å²) >= 11 is 1.85. The van der Waals surface area contributed by atoms with Crippen LogP contribution in [0.5, 0.6) is 0 Å². The lowest BCUT2D eigenvalue weighted by atomic mass is 10.1. The fourth-order valence-corrected chi connectivity index (χ4v) is 3.14. The summed E-state index contributed by atoms with van der Waals surface area (Å²) in [7, 11) is 0. The molecule has 0 radical (unpaired) electrons. The summed E-state index contributed by atoms with van der Waals surface area (Å²) in [6, 6.07) is 21.2. The van der Waals surface area contributed by atoms with Gasteiger partial charge in [-0.3, -0.25) is 0 Å². The molecule has 3 heteroatoms. The number of benzene rings is 2. The minimum Gasteiger partial charge on any atom is -0.303 e. The summed E-state index contributed by atoms with van der Waals surface area (Å²) in [5.74, 6) is 1.04. The molecule has 0 spiro atoms. The monoisotopic (exact) mass is 268 g/mol. The molecule has 19 heavy (non-hydrogen) atoms. The van der Waals surface area contributed by atoms with Crippen molar-refractivity contribution in [2.24, 2.45) is 4.99 Å². The highest BCUT2D eigenvalue weighted by atomic mass is 32.2.